The maximum Gasteiger partial charge on any atom is 0.311 e. The Morgan fingerprint density at radius 1 is 1.33 bits per heavy atom. The predicted octanol–water partition coefficient (Wildman–Crippen LogP) is 2.37. The van der Waals surface area contributed by atoms with Crippen LogP contribution >= 0.6 is 23.1 Å². The number of carbonyl (C=O) groups excluding carboxylic acids is 2. The highest BCUT2D eigenvalue weighted by molar-refractivity contribution is 7.99. The standard InChI is InChI=1S/C17H21N5O3S2/c1-2-25-16(24)7-12-9-27-17(20-12)21-14(23)10-26-15-8-13(18-11-19-15)22-5-3-4-6-22/h8-9,11H,2-7,10H2,1H3,(H,20,21,23). The number of carbonyl (C=O) groups is 2. The van der Waals surface area contributed by atoms with Crippen LogP contribution in [0.3, 0.4) is 0 Å². The van der Waals surface area contributed by atoms with Gasteiger partial charge in [0.05, 0.1) is 24.5 Å². The third-order valence-electron chi connectivity index (χ3n) is 3.84. The molecule has 1 aliphatic rings. The summed E-state index contributed by atoms with van der Waals surface area (Å²) < 4.78 is 4.89. The number of esters is 1. The van der Waals surface area contributed by atoms with E-state index in [1.54, 1.807) is 12.3 Å². The smallest absolute Gasteiger partial charge is 0.311 e. The van der Waals surface area contributed by atoms with Gasteiger partial charge in [0.1, 0.15) is 17.2 Å². The van der Waals surface area contributed by atoms with Gasteiger partial charge in [-0.2, -0.15) is 0 Å². The number of anilines is 2. The highest BCUT2D eigenvalue weighted by Gasteiger charge is 2.15. The van der Waals surface area contributed by atoms with Crippen LogP contribution in [-0.4, -0.2) is 52.3 Å². The molecule has 27 heavy (non-hydrogen) atoms. The van der Waals surface area contributed by atoms with Crippen molar-refractivity contribution in [3.63, 3.8) is 0 Å². The number of nitrogens with one attached hydrogen (secondary N) is 1. The first-order chi connectivity index (χ1) is 13.1. The van der Waals surface area contributed by atoms with E-state index in [0.717, 1.165) is 23.9 Å². The quantitative estimate of drug-likeness (QED) is 0.405. The van der Waals surface area contributed by atoms with Gasteiger partial charge in [-0.3, -0.25) is 9.59 Å². The van der Waals surface area contributed by atoms with Gasteiger partial charge in [0.15, 0.2) is 5.13 Å². The number of amides is 1. The molecule has 1 N–H and O–H groups in total. The number of rotatable bonds is 8. The zero-order valence-corrected chi connectivity index (χ0v) is 16.6. The number of nitrogens with zero attached hydrogens (tertiary/aromatic N) is 4. The molecule has 0 unspecified atom stereocenters. The molecule has 2 aromatic heterocycles. The highest BCUT2D eigenvalue weighted by atomic mass is 32.2. The van der Waals surface area contributed by atoms with E-state index in [-0.39, 0.29) is 24.1 Å². The van der Waals surface area contributed by atoms with E-state index < -0.39 is 0 Å². The molecule has 0 radical (unpaired) electrons. The van der Waals surface area contributed by atoms with Gasteiger partial charge >= 0.3 is 5.97 Å². The summed E-state index contributed by atoms with van der Waals surface area (Å²) in [7, 11) is 0. The van der Waals surface area contributed by atoms with Crippen LogP contribution < -0.4 is 10.2 Å². The summed E-state index contributed by atoms with van der Waals surface area (Å²) in [4.78, 5) is 38.6. The van der Waals surface area contributed by atoms with Crippen LogP contribution in [-0.2, 0) is 20.7 Å². The molecule has 0 aliphatic carbocycles. The van der Waals surface area contributed by atoms with E-state index in [2.05, 4.69) is 25.2 Å². The summed E-state index contributed by atoms with van der Waals surface area (Å²) in [5.41, 5.74) is 0.590. The average molecular weight is 408 g/mol. The second-order valence-electron chi connectivity index (χ2n) is 5.87. The Morgan fingerprint density at radius 2 is 2.15 bits per heavy atom. The molecular weight excluding hydrogens is 386 g/mol. The van der Waals surface area contributed by atoms with Crippen molar-refractivity contribution in [2.45, 2.75) is 31.2 Å². The van der Waals surface area contributed by atoms with Gasteiger partial charge < -0.3 is 15.0 Å². The molecule has 3 heterocycles. The van der Waals surface area contributed by atoms with Gasteiger partial charge in [0.2, 0.25) is 5.91 Å². The lowest BCUT2D eigenvalue weighted by molar-refractivity contribution is -0.142. The lowest BCUT2D eigenvalue weighted by Gasteiger charge is -2.16. The van der Waals surface area contributed by atoms with Gasteiger partial charge in [-0.25, -0.2) is 15.0 Å². The van der Waals surface area contributed by atoms with Crippen LogP contribution in [0.5, 0.6) is 0 Å². The van der Waals surface area contributed by atoms with Crippen molar-refractivity contribution in [3.8, 4) is 0 Å². The van der Waals surface area contributed by atoms with E-state index >= 15 is 0 Å². The predicted molar refractivity (Wildman–Crippen MR) is 105 cm³/mol. The van der Waals surface area contributed by atoms with Crippen molar-refractivity contribution in [2.24, 2.45) is 0 Å². The first kappa shape index (κ1) is 19.6. The van der Waals surface area contributed by atoms with E-state index in [9.17, 15) is 9.59 Å². The Balaban J connectivity index is 1.48. The van der Waals surface area contributed by atoms with Crippen LogP contribution in [0.2, 0.25) is 0 Å². The van der Waals surface area contributed by atoms with Crippen LogP contribution in [0.4, 0.5) is 10.9 Å². The Hall–Kier alpha value is -2.20. The minimum atomic E-state index is -0.325. The zero-order valence-electron chi connectivity index (χ0n) is 15.0. The average Bonchev–Trinajstić information content (AvgIpc) is 3.33. The fourth-order valence-corrected chi connectivity index (χ4v) is 4.02. The molecular formula is C17H21N5O3S2. The van der Waals surface area contributed by atoms with Crippen molar-refractivity contribution in [2.75, 3.05) is 35.7 Å². The van der Waals surface area contributed by atoms with Crippen molar-refractivity contribution < 1.29 is 14.3 Å². The first-order valence-electron chi connectivity index (χ1n) is 8.73. The van der Waals surface area contributed by atoms with E-state index in [1.165, 1.54) is 42.3 Å². The van der Waals surface area contributed by atoms with Gasteiger partial charge in [0.25, 0.3) is 0 Å². The van der Waals surface area contributed by atoms with Crippen LogP contribution in [0, 0.1) is 0 Å². The van der Waals surface area contributed by atoms with Crippen LogP contribution in [0.1, 0.15) is 25.5 Å². The fourth-order valence-electron chi connectivity index (χ4n) is 2.63. The van der Waals surface area contributed by atoms with Gasteiger partial charge in [-0.15, -0.1) is 11.3 Å². The molecule has 1 amide bonds. The largest absolute Gasteiger partial charge is 0.466 e. The highest BCUT2D eigenvalue weighted by Crippen LogP contribution is 2.23. The Kier molecular flexibility index (Phi) is 6.99. The maximum atomic E-state index is 12.2. The Bertz CT molecular complexity index is 792. The number of thiazole rings is 1. The SMILES string of the molecule is CCOC(=O)Cc1csc(NC(=O)CSc2cc(N3CCCC3)ncn2)n1. The second kappa shape index (κ2) is 9.65. The van der Waals surface area contributed by atoms with Gasteiger partial charge in [0, 0.05) is 24.5 Å². The first-order valence-corrected chi connectivity index (χ1v) is 10.6. The second-order valence-corrected chi connectivity index (χ2v) is 7.72. The molecule has 0 aromatic carbocycles. The molecule has 1 aliphatic heterocycles. The molecule has 1 saturated heterocycles. The minimum Gasteiger partial charge on any atom is -0.466 e. The Labute approximate surface area is 165 Å². The molecule has 0 saturated carbocycles. The Morgan fingerprint density at radius 3 is 2.93 bits per heavy atom. The molecule has 0 bridgehead atoms. The van der Waals surface area contributed by atoms with Crippen molar-refractivity contribution in [3.05, 3.63) is 23.5 Å². The molecule has 144 valence electrons. The summed E-state index contributed by atoms with van der Waals surface area (Å²) in [6.07, 6.45) is 4.01. The zero-order chi connectivity index (χ0) is 19.1. The van der Waals surface area contributed by atoms with E-state index in [4.69, 9.17) is 4.74 Å². The number of ether oxygens (including phenoxy) is 1. The van der Waals surface area contributed by atoms with Gasteiger partial charge in [-0.1, -0.05) is 11.8 Å². The summed E-state index contributed by atoms with van der Waals surface area (Å²) >= 11 is 2.64. The van der Waals surface area contributed by atoms with E-state index in [0.29, 0.717) is 17.4 Å². The molecule has 0 atom stereocenters. The normalized spacial score (nSPS) is 13.6. The summed E-state index contributed by atoms with van der Waals surface area (Å²) in [6, 6.07) is 1.92. The van der Waals surface area contributed by atoms with Crippen molar-refractivity contribution >= 4 is 45.9 Å². The van der Waals surface area contributed by atoms with Crippen LogP contribution in [0.15, 0.2) is 22.8 Å². The number of hydrogen-bond donors (Lipinski definition) is 1. The third kappa shape index (κ3) is 5.90. The molecule has 3 rings (SSSR count). The van der Waals surface area contributed by atoms with E-state index in [1.807, 2.05) is 6.07 Å². The monoisotopic (exact) mass is 407 g/mol. The van der Waals surface area contributed by atoms with Crippen molar-refractivity contribution in [1.82, 2.24) is 15.0 Å². The lowest BCUT2D eigenvalue weighted by Crippen LogP contribution is -2.19. The maximum absolute atomic E-state index is 12.2. The van der Waals surface area contributed by atoms with Gasteiger partial charge in [-0.05, 0) is 19.8 Å². The third-order valence-corrected chi connectivity index (χ3v) is 5.57. The molecule has 8 nitrogen and oxygen atoms in total. The molecule has 10 heteroatoms. The van der Waals surface area contributed by atoms with Crippen LogP contribution in [0.25, 0.3) is 0 Å². The summed E-state index contributed by atoms with van der Waals surface area (Å²) in [5, 5.41) is 5.73. The minimum absolute atomic E-state index is 0.106. The lowest BCUT2D eigenvalue weighted by atomic mass is 10.3. The van der Waals surface area contributed by atoms with Crippen molar-refractivity contribution in [1.29, 1.82) is 0 Å². The number of aromatic nitrogens is 3. The fraction of sp³-hybridized carbons (Fsp3) is 0.471. The summed E-state index contributed by atoms with van der Waals surface area (Å²) in [6.45, 7) is 4.12. The summed E-state index contributed by atoms with van der Waals surface area (Å²) in [5.74, 6) is 0.643. The number of hydrogen-bond acceptors (Lipinski definition) is 9. The number of thioether (sulfide) groups is 1. The topological polar surface area (TPSA) is 97.3 Å². The molecule has 2 aromatic rings. The molecule has 1 fully saturated rings. The molecule has 0 spiro atoms.